The topological polar surface area (TPSA) is 23.8 Å². The Labute approximate surface area is 125 Å². The van der Waals surface area contributed by atoms with Crippen LogP contribution in [0.15, 0.2) is 24.3 Å². The minimum Gasteiger partial charge on any atom is -0.203 e. The van der Waals surface area contributed by atoms with Crippen LogP contribution in [0.1, 0.15) is 30.9 Å². The van der Waals surface area contributed by atoms with Gasteiger partial charge in [-0.1, -0.05) is 25.5 Å². The summed E-state index contributed by atoms with van der Waals surface area (Å²) in [6, 6.07) is 7.02. The Morgan fingerprint density at radius 2 is 1.45 bits per heavy atom. The first kappa shape index (κ1) is 16.0. The van der Waals surface area contributed by atoms with Crippen molar-refractivity contribution in [2.75, 3.05) is 0 Å². The van der Waals surface area contributed by atoms with E-state index in [4.69, 9.17) is 5.26 Å². The fraction of sp³-hybridized carbons (Fsp3) is 0.235. The highest BCUT2D eigenvalue weighted by Gasteiger charge is 2.25. The van der Waals surface area contributed by atoms with Gasteiger partial charge in [0, 0.05) is 5.56 Å². The Bertz CT molecular complexity index is 701. The molecule has 2 aromatic rings. The van der Waals surface area contributed by atoms with E-state index in [2.05, 4.69) is 0 Å². The molecule has 0 radical (unpaired) electrons. The minimum absolute atomic E-state index is 0.0196. The molecule has 22 heavy (non-hydrogen) atoms. The van der Waals surface area contributed by atoms with Crippen LogP contribution in [-0.4, -0.2) is 0 Å². The van der Waals surface area contributed by atoms with Crippen molar-refractivity contribution in [1.29, 1.82) is 5.26 Å². The Hall–Kier alpha value is -2.35. The van der Waals surface area contributed by atoms with Crippen LogP contribution >= 0.6 is 0 Å². The SMILES string of the molecule is CCCCc1c(F)c(F)c(-c2ccc(C#N)cc2)c(F)c1F. The summed E-state index contributed by atoms with van der Waals surface area (Å²) in [6.07, 6.45) is 1.03. The molecule has 114 valence electrons. The normalized spacial score (nSPS) is 10.5. The maximum absolute atomic E-state index is 14.2. The number of benzene rings is 2. The van der Waals surface area contributed by atoms with Crippen LogP contribution in [0.25, 0.3) is 11.1 Å². The third kappa shape index (κ3) is 2.82. The van der Waals surface area contributed by atoms with Crippen molar-refractivity contribution in [3.63, 3.8) is 0 Å². The highest BCUT2D eigenvalue weighted by molar-refractivity contribution is 5.66. The van der Waals surface area contributed by atoms with Gasteiger partial charge in [0.05, 0.1) is 17.2 Å². The lowest BCUT2D eigenvalue weighted by molar-refractivity contribution is 0.441. The number of hydrogen-bond acceptors (Lipinski definition) is 1. The second-order valence-corrected chi connectivity index (χ2v) is 4.90. The number of hydrogen-bond donors (Lipinski definition) is 0. The Kier molecular flexibility index (Phi) is 4.81. The largest absolute Gasteiger partial charge is 0.203 e. The fourth-order valence-corrected chi connectivity index (χ4v) is 2.22. The van der Waals surface area contributed by atoms with E-state index in [0.29, 0.717) is 12.8 Å². The van der Waals surface area contributed by atoms with Crippen molar-refractivity contribution in [2.45, 2.75) is 26.2 Å². The molecule has 0 spiro atoms. The van der Waals surface area contributed by atoms with Crippen LogP contribution in [-0.2, 0) is 6.42 Å². The molecule has 0 bridgehead atoms. The van der Waals surface area contributed by atoms with Gasteiger partial charge < -0.3 is 0 Å². The second kappa shape index (κ2) is 6.61. The molecule has 0 fully saturated rings. The van der Waals surface area contributed by atoms with Gasteiger partial charge in [-0.25, -0.2) is 17.6 Å². The third-order valence-electron chi connectivity index (χ3n) is 3.44. The number of nitrogens with zero attached hydrogens (tertiary/aromatic N) is 1. The lowest BCUT2D eigenvalue weighted by Gasteiger charge is -2.12. The van der Waals surface area contributed by atoms with Gasteiger partial charge in [-0.3, -0.25) is 0 Å². The first-order valence-corrected chi connectivity index (χ1v) is 6.86. The van der Waals surface area contributed by atoms with E-state index < -0.39 is 34.4 Å². The summed E-state index contributed by atoms with van der Waals surface area (Å²) in [5, 5.41) is 8.70. The van der Waals surface area contributed by atoms with Crippen molar-refractivity contribution in [2.24, 2.45) is 0 Å². The van der Waals surface area contributed by atoms with Gasteiger partial charge in [-0.2, -0.15) is 5.26 Å². The van der Waals surface area contributed by atoms with Gasteiger partial charge in [0.25, 0.3) is 0 Å². The summed E-state index contributed by atoms with van der Waals surface area (Å²) < 4.78 is 56.4. The Morgan fingerprint density at radius 1 is 0.909 bits per heavy atom. The second-order valence-electron chi connectivity index (χ2n) is 4.90. The summed E-state index contributed by atoms with van der Waals surface area (Å²) in [7, 11) is 0. The van der Waals surface area contributed by atoms with E-state index in [1.54, 1.807) is 0 Å². The molecule has 2 aromatic carbocycles. The van der Waals surface area contributed by atoms with Gasteiger partial charge in [0.15, 0.2) is 23.3 Å². The average Bonchev–Trinajstić information content (AvgIpc) is 2.54. The summed E-state index contributed by atoms with van der Waals surface area (Å²) in [6.45, 7) is 1.81. The maximum atomic E-state index is 14.2. The molecule has 0 aromatic heterocycles. The lowest BCUT2D eigenvalue weighted by atomic mass is 9.98. The molecule has 0 saturated heterocycles. The van der Waals surface area contributed by atoms with Crippen LogP contribution in [0.3, 0.4) is 0 Å². The standard InChI is InChI=1S/C17H13F4N/c1-2-3-4-12-14(18)16(20)13(17(21)15(12)19)11-7-5-10(9-22)6-8-11/h5-8H,2-4H2,1H3. The average molecular weight is 307 g/mol. The van der Waals surface area contributed by atoms with Crippen LogP contribution in [0.4, 0.5) is 17.6 Å². The van der Waals surface area contributed by atoms with E-state index in [1.807, 2.05) is 13.0 Å². The Morgan fingerprint density at radius 3 is 1.91 bits per heavy atom. The molecule has 0 aliphatic rings. The van der Waals surface area contributed by atoms with E-state index in [0.717, 1.165) is 0 Å². The van der Waals surface area contributed by atoms with Crippen molar-refractivity contribution in [3.8, 4) is 17.2 Å². The quantitative estimate of drug-likeness (QED) is 0.568. The molecule has 1 nitrogen and oxygen atoms in total. The zero-order valence-electron chi connectivity index (χ0n) is 11.9. The number of unbranched alkanes of at least 4 members (excludes halogenated alkanes) is 1. The first-order chi connectivity index (χ1) is 10.5. The highest BCUT2D eigenvalue weighted by Crippen LogP contribution is 2.32. The van der Waals surface area contributed by atoms with Crippen LogP contribution in [0.2, 0.25) is 0 Å². The smallest absolute Gasteiger partial charge is 0.170 e. The van der Waals surface area contributed by atoms with Gasteiger partial charge in [0.2, 0.25) is 0 Å². The zero-order valence-corrected chi connectivity index (χ0v) is 11.9. The first-order valence-electron chi connectivity index (χ1n) is 6.86. The molecule has 0 N–H and O–H groups in total. The maximum Gasteiger partial charge on any atom is 0.170 e. The van der Waals surface area contributed by atoms with Gasteiger partial charge >= 0.3 is 0 Å². The molecule has 0 heterocycles. The number of halogens is 4. The molecule has 5 heteroatoms. The molecule has 0 unspecified atom stereocenters. The third-order valence-corrected chi connectivity index (χ3v) is 3.44. The monoisotopic (exact) mass is 307 g/mol. The molecule has 2 rings (SSSR count). The van der Waals surface area contributed by atoms with Crippen molar-refractivity contribution >= 4 is 0 Å². The summed E-state index contributed by atoms with van der Waals surface area (Å²) in [4.78, 5) is 0. The number of nitriles is 1. The predicted octanol–water partition coefficient (Wildman–Crippen LogP) is 5.12. The van der Waals surface area contributed by atoms with Crippen molar-refractivity contribution in [1.82, 2.24) is 0 Å². The highest BCUT2D eigenvalue weighted by atomic mass is 19.2. The summed E-state index contributed by atoms with van der Waals surface area (Å²) >= 11 is 0. The van der Waals surface area contributed by atoms with Crippen LogP contribution in [0, 0.1) is 34.6 Å². The van der Waals surface area contributed by atoms with Crippen LogP contribution < -0.4 is 0 Å². The predicted molar refractivity (Wildman–Crippen MR) is 75.0 cm³/mol. The molecule has 0 aliphatic carbocycles. The van der Waals surface area contributed by atoms with Gasteiger partial charge in [-0.05, 0) is 30.5 Å². The molecular weight excluding hydrogens is 294 g/mol. The van der Waals surface area contributed by atoms with Gasteiger partial charge in [0.1, 0.15) is 0 Å². The van der Waals surface area contributed by atoms with E-state index in [-0.39, 0.29) is 17.5 Å². The van der Waals surface area contributed by atoms with Crippen LogP contribution in [0.5, 0.6) is 0 Å². The Balaban J connectivity index is 2.59. The van der Waals surface area contributed by atoms with Crippen molar-refractivity contribution < 1.29 is 17.6 Å². The molecule has 0 amide bonds. The van der Waals surface area contributed by atoms with E-state index in [9.17, 15) is 17.6 Å². The molecule has 0 atom stereocenters. The van der Waals surface area contributed by atoms with Crippen molar-refractivity contribution in [3.05, 3.63) is 58.7 Å². The minimum atomic E-state index is -1.41. The van der Waals surface area contributed by atoms with Gasteiger partial charge in [-0.15, -0.1) is 0 Å². The number of rotatable bonds is 4. The fourth-order valence-electron chi connectivity index (χ4n) is 2.22. The summed E-state index contributed by atoms with van der Waals surface area (Å²) in [5.41, 5.74) is -1.05. The van der Waals surface area contributed by atoms with E-state index >= 15 is 0 Å². The molecular formula is C17H13F4N. The molecule has 0 aliphatic heterocycles. The lowest BCUT2D eigenvalue weighted by Crippen LogP contribution is -2.06. The van der Waals surface area contributed by atoms with E-state index in [1.165, 1.54) is 24.3 Å². The zero-order chi connectivity index (χ0) is 16.3. The molecule has 0 saturated carbocycles. The summed E-state index contributed by atoms with van der Waals surface area (Å²) in [5.74, 6) is -5.53.